The Morgan fingerprint density at radius 2 is 2.16 bits per heavy atom. The number of carbonyl (C=O) groups is 1. The molecule has 2 aromatic rings. The number of nitrogens with zero attached hydrogens (tertiary/aromatic N) is 3. The summed E-state index contributed by atoms with van der Waals surface area (Å²) in [6.07, 6.45) is 6.12. The molecule has 0 aliphatic carbocycles. The van der Waals surface area contributed by atoms with Gasteiger partial charge in [0.2, 0.25) is 0 Å². The minimum Gasteiger partial charge on any atom is -0.354 e. The molecule has 1 aromatic heterocycles. The van der Waals surface area contributed by atoms with Crippen LogP contribution in [-0.4, -0.2) is 28.5 Å². The zero-order valence-corrected chi connectivity index (χ0v) is 15.4. The van der Waals surface area contributed by atoms with Crippen LogP contribution >= 0.6 is 11.6 Å². The largest absolute Gasteiger partial charge is 0.354 e. The summed E-state index contributed by atoms with van der Waals surface area (Å²) in [7, 11) is 0. The van der Waals surface area contributed by atoms with Crippen LogP contribution in [0.4, 0.5) is 11.5 Å². The van der Waals surface area contributed by atoms with Crippen molar-refractivity contribution in [1.29, 1.82) is 0 Å². The number of anilines is 2. The van der Waals surface area contributed by atoms with Gasteiger partial charge in [0, 0.05) is 29.4 Å². The lowest BCUT2D eigenvalue weighted by molar-refractivity contribution is 0.102. The third-order valence-electron chi connectivity index (χ3n) is 4.73. The Hall–Kier alpha value is -2.14. The second-order valence-electron chi connectivity index (χ2n) is 6.43. The van der Waals surface area contributed by atoms with E-state index in [1.165, 1.54) is 19.2 Å². The van der Waals surface area contributed by atoms with Crippen molar-refractivity contribution in [3.8, 4) is 0 Å². The average molecular weight is 359 g/mol. The van der Waals surface area contributed by atoms with Gasteiger partial charge in [-0.25, -0.2) is 9.97 Å². The molecule has 0 radical (unpaired) electrons. The van der Waals surface area contributed by atoms with Crippen molar-refractivity contribution in [1.82, 2.24) is 9.97 Å². The van der Waals surface area contributed by atoms with Gasteiger partial charge in [-0.05, 0) is 50.3 Å². The summed E-state index contributed by atoms with van der Waals surface area (Å²) in [5.74, 6) is 0.577. The molecule has 0 saturated carbocycles. The van der Waals surface area contributed by atoms with Gasteiger partial charge in [-0.1, -0.05) is 24.6 Å². The summed E-state index contributed by atoms with van der Waals surface area (Å²) in [6, 6.07) is 7.69. The standard InChI is InChI=1S/C19H23ClN4O/c1-3-15-6-4-5-9-24(15)18-11-17(21-12-22-18)19(25)23-16-10-14(20)8-7-13(16)2/h7-8,10-12,15H,3-6,9H2,1-2H3,(H,23,25). The molecule has 1 aliphatic heterocycles. The summed E-state index contributed by atoms with van der Waals surface area (Å²) in [5.41, 5.74) is 2.01. The van der Waals surface area contributed by atoms with Gasteiger partial charge in [0.25, 0.3) is 5.91 Å². The van der Waals surface area contributed by atoms with Crippen LogP contribution in [0.2, 0.25) is 5.02 Å². The van der Waals surface area contributed by atoms with Crippen LogP contribution in [0.25, 0.3) is 0 Å². The molecule has 1 amide bonds. The van der Waals surface area contributed by atoms with Gasteiger partial charge in [-0.2, -0.15) is 0 Å². The smallest absolute Gasteiger partial charge is 0.274 e. The van der Waals surface area contributed by atoms with Crippen LogP contribution < -0.4 is 10.2 Å². The van der Waals surface area contributed by atoms with Crippen molar-refractivity contribution < 1.29 is 4.79 Å². The number of aryl methyl sites for hydroxylation is 1. The van der Waals surface area contributed by atoms with E-state index in [1.807, 2.05) is 13.0 Å². The second-order valence-corrected chi connectivity index (χ2v) is 6.86. The Morgan fingerprint density at radius 1 is 1.32 bits per heavy atom. The van der Waals surface area contributed by atoms with Crippen LogP contribution in [0.3, 0.4) is 0 Å². The molecule has 1 aromatic carbocycles. The maximum Gasteiger partial charge on any atom is 0.274 e. The number of carbonyl (C=O) groups excluding carboxylic acids is 1. The van der Waals surface area contributed by atoms with Crippen molar-refractivity contribution >= 4 is 29.0 Å². The molecule has 1 unspecified atom stereocenters. The highest BCUT2D eigenvalue weighted by Gasteiger charge is 2.23. The van der Waals surface area contributed by atoms with E-state index >= 15 is 0 Å². The molecule has 6 heteroatoms. The highest BCUT2D eigenvalue weighted by atomic mass is 35.5. The Labute approximate surface area is 153 Å². The predicted octanol–water partition coefficient (Wildman–Crippen LogP) is 4.46. The van der Waals surface area contributed by atoms with Crippen LogP contribution in [0.15, 0.2) is 30.6 Å². The summed E-state index contributed by atoms with van der Waals surface area (Å²) in [6.45, 7) is 5.10. The van der Waals surface area contributed by atoms with E-state index < -0.39 is 0 Å². The van der Waals surface area contributed by atoms with Crippen molar-refractivity contribution in [2.45, 2.75) is 45.6 Å². The zero-order valence-electron chi connectivity index (χ0n) is 14.6. The summed E-state index contributed by atoms with van der Waals surface area (Å²) in [4.78, 5) is 23.4. The molecule has 0 spiro atoms. The Balaban J connectivity index is 1.81. The first kappa shape index (κ1) is 17.7. The summed E-state index contributed by atoms with van der Waals surface area (Å²) >= 11 is 6.02. The lowest BCUT2D eigenvalue weighted by Crippen LogP contribution is -2.39. The first-order valence-electron chi connectivity index (χ1n) is 8.74. The Kier molecular flexibility index (Phi) is 5.53. The first-order valence-corrected chi connectivity index (χ1v) is 9.12. The minimum atomic E-state index is -0.251. The van der Waals surface area contributed by atoms with Crippen LogP contribution in [0, 0.1) is 6.92 Å². The summed E-state index contributed by atoms with van der Waals surface area (Å²) < 4.78 is 0. The molecule has 132 valence electrons. The maximum atomic E-state index is 12.6. The monoisotopic (exact) mass is 358 g/mol. The molecule has 1 N–H and O–H groups in total. The SMILES string of the molecule is CCC1CCCCN1c1cc(C(=O)Nc2cc(Cl)ccc2C)ncn1. The van der Waals surface area contributed by atoms with Gasteiger partial charge in [-0.3, -0.25) is 4.79 Å². The number of hydrogen-bond acceptors (Lipinski definition) is 4. The highest BCUT2D eigenvalue weighted by Crippen LogP contribution is 2.25. The van der Waals surface area contributed by atoms with Crippen molar-refractivity contribution in [2.75, 3.05) is 16.8 Å². The normalized spacial score (nSPS) is 17.4. The van der Waals surface area contributed by atoms with Gasteiger partial charge in [0.05, 0.1) is 0 Å². The van der Waals surface area contributed by atoms with E-state index in [0.29, 0.717) is 22.4 Å². The molecule has 1 fully saturated rings. The molecule has 1 saturated heterocycles. The fourth-order valence-electron chi connectivity index (χ4n) is 3.27. The maximum absolute atomic E-state index is 12.6. The lowest BCUT2D eigenvalue weighted by Gasteiger charge is -2.36. The average Bonchev–Trinajstić information content (AvgIpc) is 2.64. The van der Waals surface area contributed by atoms with Gasteiger partial charge in [0.1, 0.15) is 17.8 Å². The molecular formula is C19H23ClN4O. The zero-order chi connectivity index (χ0) is 17.8. The fraction of sp³-hybridized carbons (Fsp3) is 0.421. The van der Waals surface area contributed by atoms with E-state index in [-0.39, 0.29) is 5.91 Å². The topological polar surface area (TPSA) is 58.1 Å². The summed E-state index contributed by atoms with van der Waals surface area (Å²) in [5, 5.41) is 3.48. The van der Waals surface area contributed by atoms with Crippen molar-refractivity contribution in [3.63, 3.8) is 0 Å². The van der Waals surface area contributed by atoms with Gasteiger partial charge < -0.3 is 10.2 Å². The molecule has 25 heavy (non-hydrogen) atoms. The molecule has 0 bridgehead atoms. The number of aromatic nitrogens is 2. The quantitative estimate of drug-likeness (QED) is 0.876. The molecule has 1 atom stereocenters. The van der Waals surface area contributed by atoms with E-state index in [2.05, 4.69) is 27.1 Å². The minimum absolute atomic E-state index is 0.251. The molecule has 3 rings (SSSR count). The van der Waals surface area contributed by atoms with Crippen LogP contribution in [-0.2, 0) is 0 Å². The molecule has 5 nitrogen and oxygen atoms in total. The Bertz CT molecular complexity index is 765. The number of benzene rings is 1. The molecule has 2 heterocycles. The lowest BCUT2D eigenvalue weighted by atomic mass is 10.00. The molecule has 1 aliphatic rings. The van der Waals surface area contributed by atoms with Gasteiger partial charge in [0.15, 0.2) is 0 Å². The number of amides is 1. The predicted molar refractivity (Wildman–Crippen MR) is 101 cm³/mol. The third kappa shape index (κ3) is 4.10. The second kappa shape index (κ2) is 7.83. The third-order valence-corrected chi connectivity index (χ3v) is 4.96. The first-order chi connectivity index (χ1) is 12.1. The fourth-order valence-corrected chi connectivity index (χ4v) is 3.44. The Morgan fingerprint density at radius 3 is 2.96 bits per heavy atom. The van der Waals surface area contributed by atoms with Crippen molar-refractivity contribution in [3.05, 3.63) is 46.9 Å². The van der Waals surface area contributed by atoms with Crippen molar-refractivity contribution in [2.24, 2.45) is 0 Å². The highest BCUT2D eigenvalue weighted by molar-refractivity contribution is 6.31. The number of piperidine rings is 1. The van der Waals surface area contributed by atoms with Crippen LogP contribution in [0.1, 0.15) is 48.7 Å². The van der Waals surface area contributed by atoms with E-state index in [1.54, 1.807) is 18.2 Å². The number of nitrogens with one attached hydrogen (secondary N) is 1. The molecular weight excluding hydrogens is 336 g/mol. The number of rotatable bonds is 4. The number of hydrogen-bond donors (Lipinski definition) is 1. The van der Waals surface area contributed by atoms with E-state index in [9.17, 15) is 4.79 Å². The van der Waals surface area contributed by atoms with E-state index in [0.717, 1.165) is 30.8 Å². The van der Waals surface area contributed by atoms with Crippen LogP contribution in [0.5, 0.6) is 0 Å². The van der Waals surface area contributed by atoms with Gasteiger partial charge >= 0.3 is 0 Å². The van der Waals surface area contributed by atoms with E-state index in [4.69, 9.17) is 11.6 Å². The number of halogens is 1. The van der Waals surface area contributed by atoms with Gasteiger partial charge in [-0.15, -0.1) is 0 Å².